The first-order valence-electron chi connectivity index (χ1n) is 5.30. The fraction of sp³-hybridized carbons (Fsp3) is 0.600. The Labute approximate surface area is 104 Å². The minimum absolute atomic E-state index is 0.0139. The zero-order valence-corrected chi connectivity index (χ0v) is 10.5. The van der Waals surface area contributed by atoms with Crippen molar-refractivity contribution < 1.29 is 9.47 Å². The van der Waals surface area contributed by atoms with Crippen LogP contribution in [0.5, 0.6) is 0 Å². The number of nitrogens with one attached hydrogen (secondary N) is 1. The van der Waals surface area contributed by atoms with Crippen LogP contribution < -0.4 is 11.1 Å². The Morgan fingerprint density at radius 3 is 2.94 bits per heavy atom. The van der Waals surface area contributed by atoms with Crippen molar-refractivity contribution >= 4 is 23.4 Å². The third-order valence-corrected chi connectivity index (χ3v) is 2.48. The van der Waals surface area contributed by atoms with E-state index in [-0.39, 0.29) is 12.1 Å². The summed E-state index contributed by atoms with van der Waals surface area (Å²) < 4.78 is 11.1. The highest BCUT2D eigenvalue weighted by molar-refractivity contribution is 6.29. The lowest BCUT2D eigenvalue weighted by Crippen LogP contribution is -2.26. The zero-order chi connectivity index (χ0) is 12.5. The second-order valence-corrected chi connectivity index (χ2v) is 4.65. The summed E-state index contributed by atoms with van der Waals surface area (Å²) >= 11 is 5.76. The third-order valence-electron chi connectivity index (χ3n) is 2.29. The first-order chi connectivity index (χ1) is 7.94. The molecule has 0 aliphatic carbocycles. The molecule has 1 fully saturated rings. The summed E-state index contributed by atoms with van der Waals surface area (Å²) in [5.41, 5.74) is 5.48. The molecular formula is C10H15ClN4O2. The lowest BCUT2D eigenvalue weighted by molar-refractivity contribution is -0.136. The van der Waals surface area contributed by atoms with Crippen molar-refractivity contribution in [2.75, 3.05) is 24.2 Å². The van der Waals surface area contributed by atoms with Crippen molar-refractivity contribution in [3.05, 3.63) is 11.2 Å². The molecule has 0 spiro atoms. The smallest absolute Gasteiger partial charge is 0.223 e. The van der Waals surface area contributed by atoms with Crippen LogP contribution in [0, 0.1) is 0 Å². The fourth-order valence-electron chi connectivity index (χ4n) is 1.61. The first kappa shape index (κ1) is 12.3. The van der Waals surface area contributed by atoms with Gasteiger partial charge in [-0.1, -0.05) is 11.6 Å². The van der Waals surface area contributed by atoms with Gasteiger partial charge in [0.05, 0.1) is 6.61 Å². The predicted octanol–water partition coefficient (Wildman–Crippen LogP) is 1.28. The van der Waals surface area contributed by atoms with E-state index in [2.05, 4.69) is 15.3 Å². The number of aromatic nitrogens is 2. The quantitative estimate of drug-likeness (QED) is 0.795. The molecule has 0 radical (unpaired) electrons. The van der Waals surface area contributed by atoms with E-state index in [1.165, 1.54) is 0 Å². The van der Waals surface area contributed by atoms with Crippen LogP contribution >= 0.6 is 11.6 Å². The molecule has 0 aromatic carbocycles. The van der Waals surface area contributed by atoms with Gasteiger partial charge in [0.2, 0.25) is 5.95 Å². The minimum atomic E-state index is -0.519. The summed E-state index contributed by atoms with van der Waals surface area (Å²) in [7, 11) is 0. The van der Waals surface area contributed by atoms with Crippen molar-refractivity contribution in [3.8, 4) is 0 Å². The number of nitrogens with two attached hydrogens (primary N) is 1. The van der Waals surface area contributed by atoms with Gasteiger partial charge in [0.15, 0.2) is 5.79 Å². The number of anilines is 2. The van der Waals surface area contributed by atoms with E-state index >= 15 is 0 Å². The Morgan fingerprint density at radius 2 is 2.35 bits per heavy atom. The highest BCUT2D eigenvalue weighted by Gasteiger charge is 2.32. The van der Waals surface area contributed by atoms with E-state index in [0.29, 0.717) is 24.1 Å². The number of nitrogens with zero attached hydrogens (tertiary/aromatic N) is 2. The monoisotopic (exact) mass is 258 g/mol. The molecule has 94 valence electrons. The van der Waals surface area contributed by atoms with Gasteiger partial charge in [0.1, 0.15) is 17.1 Å². The molecule has 6 nitrogen and oxygen atoms in total. The van der Waals surface area contributed by atoms with E-state index < -0.39 is 5.79 Å². The van der Waals surface area contributed by atoms with Gasteiger partial charge in [-0.2, -0.15) is 4.98 Å². The van der Waals surface area contributed by atoms with E-state index in [1.807, 2.05) is 13.8 Å². The average Bonchev–Trinajstić information content (AvgIpc) is 2.54. The highest BCUT2D eigenvalue weighted by atomic mass is 35.5. The van der Waals surface area contributed by atoms with Crippen LogP contribution in [0.3, 0.4) is 0 Å². The molecular weight excluding hydrogens is 244 g/mol. The summed E-state index contributed by atoms with van der Waals surface area (Å²) in [6, 6.07) is 1.61. The summed E-state index contributed by atoms with van der Waals surface area (Å²) in [6.07, 6.45) is -0.0139. The second kappa shape index (κ2) is 4.64. The molecule has 1 aliphatic heterocycles. The highest BCUT2D eigenvalue weighted by Crippen LogP contribution is 2.22. The maximum Gasteiger partial charge on any atom is 0.223 e. The number of hydrogen-bond acceptors (Lipinski definition) is 6. The van der Waals surface area contributed by atoms with Gasteiger partial charge in [0.25, 0.3) is 0 Å². The van der Waals surface area contributed by atoms with Gasteiger partial charge in [-0.15, -0.1) is 0 Å². The van der Waals surface area contributed by atoms with Crippen molar-refractivity contribution in [3.63, 3.8) is 0 Å². The molecule has 3 N–H and O–H groups in total. The van der Waals surface area contributed by atoms with E-state index in [0.717, 1.165) is 0 Å². The largest absolute Gasteiger partial charge is 0.368 e. The zero-order valence-electron chi connectivity index (χ0n) is 9.74. The molecule has 0 amide bonds. The van der Waals surface area contributed by atoms with Crippen LogP contribution in [0.1, 0.15) is 13.8 Å². The van der Waals surface area contributed by atoms with Gasteiger partial charge in [-0.25, -0.2) is 4.98 Å². The molecule has 2 heterocycles. The van der Waals surface area contributed by atoms with Crippen LogP contribution in [0.2, 0.25) is 5.15 Å². The van der Waals surface area contributed by atoms with Crippen LogP contribution in [-0.4, -0.2) is 35.0 Å². The lowest BCUT2D eigenvalue weighted by Gasteiger charge is -2.17. The SMILES string of the molecule is CC1(C)OCC(CNc2cc(Cl)nc(N)n2)O1. The van der Waals surface area contributed by atoms with Crippen molar-refractivity contribution in [1.29, 1.82) is 0 Å². The Bertz CT molecular complexity index is 393. The van der Waals surface area contributed by atoms with Crippen LogP contribution in [0.4, 0.5) is 11.8 Å². The number of hydrogen-bond donors (Lipinski definition) is 2. The maximum atomic E-state index is 5.76. The van der Waals surface area contributed by atoms with Gasteiger partial charge in [0, 0.05) is 12.6 Å². The third kappa shape index (κ3) is 3.42. The average molecular weight is 259 g/mol. The van der Waals surface area contributed by atoms with Crippen LogP contribution in [0.15, 0.2) is 6.07 Å². The Hall–Kier alpha value is -1.11. The van der Waals surface area contributed by atoms with Crippen molar-refractivity contribution in [1.82, 2.24) is 9.97 Å². The van der Waals surface area contributed by atoms with Crippen LogP contribution in [0.25, 0.3) is 0 Å². The fourth-order valence-corrected chi connectivity index (χ4v) is 1.80. The molecule has 1 aliphatic rings. The maximum absolute atomic E-state index is 5.76. The number of nitrogen functional groups attached to an aromatic ring is 1. The minimum Gasteiger partial charge on any atom is -0.368 e. The standard InChI is InChI=1S/C10H15ClN4O2/c1-10(2)16-5-6(17-10)4-13-8-3-7(11)14-9(12)15-8/h3,6H,4-5H2,1-2H3,(H3,12,13,14,15). The Kier molecular flexibility index (Phi) is 3.37. The Morgan fingerprint density at radius 1 is 1.59 bits per heavy atom. The molecule has 17 heavy (non-hydrogen) atoms. The molecule has 2 rings (SSSR count). The summed E-state index contributed by atoms with van der Waals surface area (Å²) in [5, 5.41) is 3.39. The summed E-state index contributed by atoms with van der Waals surface area (Å²) in [6.45, 7) is 4.89. The molecule has 1 saturated heterocycles. The second-order valence-electron chi connectivity index (χ2n) is 4.27. The lowest BCUT2D eigenvalue weighted by atomic mass is 10.3. The number of halogens is 1. The molecule has 0 saturated carbocycles. The van der Waals surface area contributed by atoms with Gasteiger partial charge < -0.3 is 20.5 Å². The van der Waals surface area contributed by atoms with Gasteiger partial charge in [-0.3, -0.25) is 0 Å². The number of rotatable bonds is 3. The predicted molar refractivity (Wildman–Crippen MR) is 64.8 cm³/mol. The van der Waals surface area contributed by atoms with Crippen molar-refractivity contribution in [2.45, 2.75) is 25.7 Å². The number of ether oxygens (including phenoxy) is 2. The summed E-state index contributed by atoms with van der Waals surface area (Å²) in [4.78, 5) is 7.78. The van der Waals surface area contributed by atoms with E-state index in [1.54, 1.807) is 6.07 Å². The molecule has 1 atom stereocenters. The van der Waals surface area contributed by atoms with Crippen molar-refractivity contribution in [2.24, 2.45) is 0 Å². The normalized spacial score (nSPS) is 22.6. The molecule has 0 bridgehead atoms. The van der Waals surface area contributed by atoms with E-state index in [9.17, 15) is 0 Å². The topological polar surface area (TPSA) is 82.3 Å². The van der Waals surface area contributed by atoms with Crippen LogP contribution in [-0.2, 0) is 9.47 Å². The molecule has 1 unspecified atom stereocenters. The summed E-state index contributed by atoms with van der Waals surface area (Å²) in [5.74, 6) is 0.203. The molecule has 7 heteroatoms. The van der Waals surface area contributed by atoms with Gasteiger partial charge >= 0.3 is 0 Å². The molecule has 1 aromatic rings. The Balaban J connectivity index is 1.90. The van der Waals surface area contributed by atoms with E-state index in [4.69, 9.17) is 26.8 Å². The van der Waals surface area contributed by atoms with Gasteiger partial charge in [-0.05, 0) is 13.8 Å². The first-order valence-corrected chi connectivity index (χ1v) is 5.68. The molecule has 1 aromatic heterocycles.